The highest BCUT2D eigenvalue weighted by atomic mass is 16.5. The Balaban J connectivity index is 1.96. The zero-order valence-corrected chi connectivity index (χ0v) is 30.9. The summed E-state index contributed by atoms with van der Waals surface area (Å²) in [6.07, 6.45) is 1.51. The van der Waals surface area contributed by atoms with Gasteiger partial charge in [0, 0.05) is 18.4 Å². The van der Waals surface area contributed by atoms with Crippen LogP contribution in [0.5, 0.6) is 0 Å². The van der Waals surface area contributed by atoms with Gasteiger partial charge in [-0.15, -0.1) is 0 Å². The lowest BCUT2D eigenvalue weighted by Crippen LogP contribution is -2.59. The highest BCUT2D eigenvalue weighted by Gasteiger charge is 2.37. The third-order valence-corrected chi connectivity index (χ3v) is 8.55. The predicted molar refractivity (Wildman–Crippen MR) is 196 cm³/mol. The Hall–Kier alpha value is -4.97. The number of hydrogen-bond acceptors (Lipinski definition) is 8. The summed E-state index contributed by atoms with van der Waals surface area (Å²) in [5.74, 6) is -0.940. The first kappa shape index (κ1) is 40.5. The van der Waals surface area contributed by atoms with E-state index < -0.39 is 65.1 Å². The Morgan fingerprint density at radius 3 is 1.69 bits per heavy atom. The number of methoxy groups -OCH3 is 2. The average molecular weight is 704 g/mol. The Morgan fingerprint density at radius 1 is 0.667 bits per heavy atom. The number of carbonyl (C=O) groups is 4. The zero-order valence-electron chi connectivity index (χ0n) is 30.9. The maximum Gasteiger partial charge on any atom is 0.407 e. The summed E-state index contributed by atoms with van der Waals surface area (Å²) in [4.78, 5) is 56.2. The monoisotopic (exact) mass is 703 g/mol. The number of aliphatic hydroxyl groups excluding tert-OH is 1. The molecule has 0 spiro atoms. The van der Waals surface area contributed by atoms with Crippen LogP contribution in [0.2, 0.25) is 0 Å². The van der Waals surface area contributed by atoms with E-state index in [9.17, 15) is 24.3 Å². The second-order valence-corrected chi connectivity index (χ2v) is 14.8. The van der Waals surface area contributed by atoms with Crippen molar-refractivity contribution in [2.45, 2.75) is 91.1 Å². The van der Waals surface area contributed by atoms with Crippen LogP contribution in [0.15, 0.2) is 79.1 Å². The van der Waals surface area contributed by atoms with E-state index in [1.165, 1.54) is 14.2 Å². The Labute approximate surface area is 301 Å². The van der Waals surface area contributed by atoms with Crippen LogP contribution < -0.4 is 21.3 Å². The second-order valence-electron chi connectivity index (χ2n) is 14.8. The van der Waals surface area contributed by atoms with E-state index in [0.717, 1.165) is 22.3 Å². The van der Waals surface area contributed by atoms with Gasteiger partial charge in [0.05, 0.1) is 26.4 Å². The van der Waals surface area contributed by atoms with Gasteiger partial charge >= 0.3 is 12.2 Å². The van der Waals surface area contributed by atoms with Crippen molar-refractivity contribution in [3.05, 3.63) is 90.3 Å². The summed E-state index contributed by atoms with van der Waals surface area (Å²) in [7, 11) is 2.45. The first-order valence-corrected chi connectivity index (χ1v) is 17.0. The van der Waals surface area contributed by atoms with Gasteiger partial charge in [0.1, 0.15) is 12.1 Å². The molecule has 0 bridgehead atoms. The number of benzene rings is 2. The van der Waals surface area contributed by atoms with Crippen molar-refractivity contribution < 1.29 is 33.8 Å². The summed E-state index contributed by atoms with van der Waals surface area (Å²) in [6.45, 7) is 10.9. The molecule has 0 aliphatic rings. The van der Waals surface area contributed by atoms with Crippen molar-refractivity contribution in [3.8, 4) is 11.1 Å². The third-order valence-electron chi connectivity index (χ3n) is 8.55. The van der Waals surface area contributed by atoms with Gasteiger partial charge in [-0.25, -0.2) is 9.59 Å². The highest BCUT2D eigenvalue weighted by molar-refractivity contribution is 5.87. The maximum absolute atomic E-state index is 13.8. The largest absolute Gasteiger partial charge is 0.453 e. The van der Waals surface area contributed by atoms with Crippen LogP contribution in [0, 0.1) is 10.8 Å². The van der Waals surface area contributed by atoms with Gasteiger partial charge in [-0.1, -0.05) is 102 Å². The third kappa shape index (κ3) is 12.7. The van der Waals surface area contributed by atoms with E-state index in [-0.39, 0.29) is 12.8 Å². The van der Waals surface area contributed by atoms with E-state index in [1.54, 1.807) is 12.4 Å². The van der Waals surface area contributed by atoms with Crippen LogP contribution in [-0.4, -0.2) is 78.6 Å². The molecule has 3 rings (SSSR count). The summed E-state index contributed by atoms with van der Waals surface area (Å²) >= 11 is 0. The van der Waals surface area contributed by atoms with Gasteiger partial charge in [0.25, 0.3) is 0 Å². The van der Waals surface area contributed by atoms with Gasteiger partial charge in [-0.05, 0) is 58.4 Å². The molecule has 5 atom stereocenters. The topological polar surface area (TPSA) is 168 Å². The van der Waals surface area contributed by atoms with Gasteiger partial charge in [-0.2, -0.15) is 0 Å². The van der Waals surface area contributed by atoms with E-state index >= 15 is 0 Å². The molecule has 5 N–H and O–H groups in total. The van der Waals surface area contributed by atoms with Crippen molar-refractivity contribution in [3.63, 3.8) is 0 Å². The molecule has 0 aliphatic carbocycles. The van der Waals surface area contributed by atoms with Crippen LogP contribution in [0.3, 0.4) is 0 Å². The Morgan fingerprint density at radius 2 is 1.20 bits per heavy atom. The Bertz CT molecular complexity index is 1570. The van der Waals surface area contributed by atoms with Crippen LogP contribution in [0.25, 0.3) is 11.1 Å². The quantitative estimate of drug-likeness (QED) is 0.160. The average Bonchev–Trinajstić information content (AvgIpc) is 3.08. The van der Waals surface area contributed by atoms with Crippen molar-refractivity contribution in [2.24, 2.45) is 10.8 Å². The van der Waals surface area contributed by atoms with Crippen LogP contribution in [-0.2, 0) is 31.9 Å². The molecule has 0 fully saturated rings. The van der Waals surface area contributed by atoms with Gasteiger partial charge in [0.2, 0.25) is 11.8 Å². The van der Waals surface area contributed by atoms with E-state index in [4.69, 9.17) is 9.47 Å². The first-order chi connectivity index (χ1) is 24.0. The summed E-state index contributed by atoms with van der Waals surface area (Å²) in [5, 5.41) is 23.2. The minimum absolute atomic E-state index is 0.0492. The summed E-state index contributed by atoms with van der Waals surface area (Å²) in [5.41, 5.74) is 2.34. The van der Waals surface area contributed by atoms with Crippen molar-refractivity contribution in [1.29, 1.82) is 0 Å². The van der Waals surface area contributed by atoms with E-state index in [0.29, 0.717) is 6.42 Å². The molecule has 2 unspecified atom stereocenters. The van der Waals surface area contributed by atoms with Gasteiger partial charge in [0.15, 0.2) is 0 Å². The fourth-order valence-corrected chi connectivity index (χ4v) is 5.71. The molecule has 0 saturated carbocycles. The van der Waals surface area contributed by atoms with Crippen molar-refractivity contribution in [2.75, 3.05) is 14.2 Å². The van der Waals surface area contributed by atoms with Crippen molar-refractivity contribution >= 4 is 24.0 Å². The number of rotatable bonds is 14. The fraction of sp³-hybridized carbons (Fsp3) is 0.462. The minimum Gasteiger partial charge on any atom is -0.453 e. The number of alkyl carbamates (subject to hydrolysis) is 2. The lowest BCUT2D eigenvalue weighted by atomic mass is 9.85. The minimum atomic E-state index is -1.14. The van der Waals surface area contributed by atoms with E-state index in [1.807, 2.05) is 108 Å². The smallest absolute Gasteiger partial charge is 0.407 e. The molecule has 3 aromatic rings. The normalized spacial score (nSPS) is 14.5. The number of aromatic nitrogens is 1. The number of hydrogen-bond donors (Lipinski definition) is 5. The maximum atomic E-state index is 13.8. The lowest BCUT2D eigenvalue weighted by Gasteiger charge is -2.34. The molecule has 4 amide bonds. The SMILES string of the molecule is COC(=O)N[C@H](C(=O)NC(Cc1ccccc1)C(O)C[C@H](Cc1ccc(-c2cccnc2)cc1)NC(=O)[C@@H](NC(=O)OC)C(C)(C)C)C(C)(C)C. The number of nitrogens with one attached hydrogen (secondary N) is 4. The second kappa shape index (κ2) is 18.3. The highest BCUT2D eigenvalue weighted by Crippen LogP contribution is 2.24. The number of amides is 4. The number of nitrogens with zero attached hydrogens (tertiary/aromatic N) is 1. The van der Waals surface area contributed by atoms with Crippen LogP contribution in [0.4, 0.5) is 9.59 Å². The molecule has 2 aromatic carbocycles. The molecular weight excluding hydrogens is 650 g/mol. The molecule has 0 aliphatic heterocycles. The van der Waals surface area contributed by atoms with Crippen molar-refractivity contribution in [1.82, 2.24) is 26.3 Å². The fourth-order valence-electron chi connectivity index (χ4n) is 5.71. The molecule has 12 nitrogen and oxygen atoms in total. The number of pyridine rings is 1. The molecule has 1 heterocycles. The standard InChI is InChI=1S/C39H53N5O7/c1-38(2,3)32(43-36(48)50-7)34(46)41-29(21-26-16-18-27(19-17-26)28-15-12-20-40-24-28)23-31(45)30(22-25-13-10-9-11-14-25)42-35(47)33(39(4,5)6)44-37(49)51-8/h9-20,24,29-33,45H,21-23H2,1-8H3,(H,41,46)(H,42,47)(H,43,48)(H,44,49)/t29-,30?,31?,32+,33+/m0/s1. The summed E-state index contributed by atoms with van der Waals surface area (Å²) in [6, 6.07) is 17.8. The number of ether oxygens (including phenoxy) is 2. The zero-order chi connectivity index (χ0) is 37.8. The first-order valence-electron chi connectivity index (χ1n) is 17.0. The molecular formula is C39H53N5O7. The van der Waals surface area contributed by atoms with E-state index in [2.05, 4.69) is 26.3 Å². The number of carbonyl (C=O) groups excluding carboxylic acids is 4. The van der Waals surface area contributed by atoms with Gasteiger partial charge < -0.3 is 35.8 Å². The van der Waals surface area contributed by atoms with Crippen LogP contribution >= 0.6 is 0 Å². The molecule has 51 heavy (non-hydrogen) atoms. The number of aliphatic hydroxyl groups is 1. The molecule has 12 heteroatoms. The van der Waals surface area contributed by atoms with Crippen LogP contribution in [0.1, 0.15) is 59.1 Å². The lowest BCUT2D eigenvalue weighted by molar-refractivity contribution is -0.128. The molecule has 0 radical (unpaired) electrons. The summed E-state index contributed by atoms with van der Waals surface area (Å²) < 4.78 is 9.56. The Kier molecular flexibility index (Phi) is 14.5. The molecule has 276 valence electrons. The van der Waals surface area contributed by atoms with Gasteiger partial charge in [-0.3, -0.25) is 14.6 Å². The molecule has 0 saturated heterocycles. The predicted octanol–water partition coefficient (Wildman–Crippen LogP) is 4.80. The molecule has 1 aromatic heterocycles.